The highest BCUT2D eigenvalue weighted by molar-refractivity contribution is 5.84. The van der Waals surface area contributed by atoms with E-state index >= 15 is 0 Å². The molecule has 1 aromatic carbocycles. The van der Waals surface area contributed by atoms with E-state index in [2.05, 4.69) is 15.4 Å². The van der Waals surface area contributed by atoms with E-state index in [9.17, 15) is 9.59 Å². The number of aliphatic hydroxyl groups excluding tert-OH is 1. The molecule has 0 saturated heterocycles. The van der Waals surface area contributed by atoms with Crippen LogP contribution in [0.4, 0.5) is 10.5 Å². The SMILES string of the molecule is CCNC(=O)Cc1ccc(NC(=O)OCCO)cc1. The average molecular weight is 266 g/mol. The average Bonchev–Trinajstić information content (AvgIpc) is 2.39. The molecule has 3 N–H and O–H groups in total. The zero-order chi connectivity index (χ0) is 14.1. The monoisotopic (exact) mass is 266 g/mol. The summed E-state index contributed by atoms with van der Waals surface area (Å²) in [7, 11) is 0. The number of likely N-dealkylation sites (N-methyl/N-ethyl adjacent to an activating group) is 1. The minimum atomic E-state index is -0.620. The third-order valence-electron chi connectivity index (χ3n) is 2.26. The molecule has 0 spiro atoms. The fourth-order valence-corrected chi connectivity index (χ4v) is 1.44. The highest BCUT2D eigenvalue weighted by atomic mass is 16.6. The molecule has 2 amide bonds. The van der Waals surface area contributed by atoms with Gasteiger partial charge in [-0.2, -0.15) is 0 Å². The Balaban J connectivity index is 2.47. The predicted octanol–water partition coefficient (Wildman–Crippen LogP) is 0.906. The van der Waals surface area contributed by atoms with Crippen molar-refractivity contribution in [1.82, 2.24) is 5.32 Å². The van der Waals surface area contributed by atoms with Gasteiger partial charge in [0.2, 0.25) is 5.91 Å². The Hall–Kier alpha value is -2.08. The molecule has 0 radical (unpaired) electrons. The summed E-state index contributed by atoms with van der Waals surface area (Å²) >= 11 is 0. The summed E-state index contributed by atoms with van der Waals surface area (Å²) in [4.78, 5) is 22.6. The number of hydrogen-bond acceptors (Lipinski definition) is 4. The van der Waals surface area contributed by atoms with Crippen LogP contribution in [0.15, 0.2) is 24.3 Å². The molecule has 1 aromatic rings. The van der Waals surface area contributed by atoms with Gasteiger partial charge >= 0.3 is 6.09 Å². The van der Waals surface area contributed by atoms with Crippen LogP contribution in [0, 0.1) is 0 Å². The van der Waals surface area contributed by atoms with Crippen molar-refractivity contribution in [2.24, 2.45) is 0 Å². The Morgan fingerprint density at radius 3 is 2.53 bits per heavy atom. The van der Waals surface area contributed by atoms with Gasteiger partial charge in [-0.15, -0.1) is 0 Å². The third kappa shape index (κ3) is 5.87. The van der Waals surface area contributed by atoms with Gasteiger partial charge in [0, 0.05) is 12.2 Å². The number of anilines is 1. The third-order valence-corrected chi connectivity index (χ3v) is 2.26. The second kappa shape index (κ2) is 8.10. The Kier molecular flexibility index (Phi) is 6.38. The number of benzene rings is 1. The van der Waals surface area contributed by atoms with Gasteiger partial charge < -0.3 is 15.2 Å². The molecule has 0 aromatic heterocycles. The largest absolute Gasteiger partial charge is 0.447 e. The van der Waals surface area contributed by atoms with E-state index < -0.39 is 6.09 Å². The van der Waals surface area contributed by atoms with Crippen LogP contribution in [0.1, 0.15) is 12.5 Å². The van der Waals surface area contributed by atoms with Crippen molar-refractivity contribution >= 4 is 17.7 Å². The lowest BCUT2D eigenvalue weighted by Crippen LogP contribution is -2.24. The summed E-state index contributed by atoms with van der Waals surface area (Å²) in [5.41, 5.74) is 1.43. The van der Waals surface area contributed by atoms with Gasteiger partial charge in [0.1, 0.15) is 6.61 Å². The number of ether oxygens (including phenoxy) is 1. The molecule has 0 aliphatic rings. The number of aliphatic hydroxyl groups is 1. The van der Waals surface area contributed by atoms with Crippen molar-refractivity contribution in [3.8, 4) is 0 Å². The van der Waals surface area contributed by atoms with Gasteiger partial charge in [0.15, 0.2) is 0 Å². The molecule has 6 nitrogen and oxygen atoms in total. The normalized spacial score (nSPS) is 9.79. The van der Waals surface area contributed by atoms with Crippen LogP contribution in [-0.4, -0.2) is 36.9 Å². The van der Waals surface area contributed by atoms with Crippen molar-refractivity contribution in [2.75, 3.05) is 25.1 Å². The summed E-state index contributed by atoms with van der Waals surface area (Å²) in [6.45, 7) is 2.22. The number of hydrogen-bond donors (Lipinski definition) is 3. The lowest BCUT2D eigenvalue weighted by atomic mass is 10.1. The number of carbonyl (C=O) groups excluding carboxylic acids is 2. The maximum atomic E-state index is 11.4. The summed E-state index contributed by atoms with van der Waals surface area (Å²) in [6, 6.07) is 6.90. The zero-order valence-corrected chi connectivity index (χ0v) is 10.8. The molecule has 0 saturated carbocycles. The Labute approximate surface area is 111 Å². The molecule has 0 heterocycles. The van der Waals surface area contributed by atoms with Crippen molar-refractivity contribution < 1.29 is 19.4 Å². The van der Waals surface area contributed by atoms with Gasteiger partial charge in [-0.05, 0) is 24.6 Å². The van der Waals surface area contributed by atoms with E-state index in [1.54, 1.807) is 24.3 Å². The molecule has 0 fully saturated rings. The molecule has 0 bridgehead atoms. The van der Waals surface area contributed by atoms with E-state index in [1.807, 2.05) is 6.92 Å². The predicted molar refractivity (Wildman–Crippen MR) is 70.9 cm³/mol. The second-order valence-electron chi connectivity index (χ2n) is 3.81. The van der Waals surface area contributed by atoms with Crippen LogP contribution >= 0.6 is 0 Å². The highest BCUT2D eigenvalue weighted by Gasteiger charge is 2.04. The first kappa shape index (κ1) is 15.0. The summed E-state index contributed by atoms with van der Waals surface area (Å²) in [5, 5.41) is 13.7. The van der Waals surface area contributed by atoms with Crippen LogP contribution in [0.2, 0.25) is 0 Å². The van der Waals surface area contributed by atoms with Crippen LogP contribution in [0.3, 0.4) is 0 Å². The van der Waals surface area contributed by atoms with E-state index in [0.29, 0.717) is 18.7 Å². The lowest BCUT2D eigenvalue weighted by Gasteiger charge is -2.07. The van der Waals surface area contributed by atoms with Crippen LogP contribution in [0.5, 0.6) is 0 Å². The molecule has 0 atom stereocenters. The zero-order valence-electron chi connectivity index (χ0n) is 10.8. The topological polar surface area (TPSA) is 87.7 Å². The summed E-state index contributed by atoms with van der Waals surface area (Å²) < 4.78 is 4.66. The molecular weight excluding hydrogens is 248 g/mol. The number of rotatable bonds is 6. The maximum Gasteiger partial charge on any atom is 0.411 e. The van der Waals surface area contributed by atoms with Crippen LogP contribution < -0.4 is 10.6 Å². The molecule has 0 unspecified atom stereocenters. The smallest absolute Gasteiger partial charge is 0.411 e. The van der Waals surface area contributed by atoms with E-state index in [0.717, 1.165) is 5.56 Å². The van der Waals surface area contributed by atoms with Gasteiger partial charge in [0.05, 0.1) is 13.0 Å². The lowest BCUT2D eigenvalue weighted by molar-refractivity contribution is -0.120. The van der Waals surface area contributed by atoms with E-state index in [4.69, 9.17) is 5.11 Å². The van der Waals surface area contributed by atoms with E-state index in [-0.39, 0.29) is 19.1 Å². The van der Waals surface area contributed by atoms with Gasteiger partial charge in [-0.3, -0.25) is 10.1 Å². The minimum Gasteiger partial charge on any atom is -0.447 e. The van der Waals surface area contributed by atoms with Crippen molar-refractivity contribution in [3.63, 3.8) is 0 Å². The van der Waals surface area contributed by atoms with Gasteiger partial charge in [-0.1, -0.05) is 12.1 Å². The number of carbonyl (C=O) groups is 2. The van der Waals surface area contributed by atoms with Crippen molar-refractivity contribution in [3.05, 3.63) is 29.8 Å². The first-order chi connectivity index (χ1) is 9.15. The fraction of sp³-hybridized carbons (Fsp3) is 0.385. The standard InChI is InChI=1S/C13H18N2O4/c1-2-14-12(17)9-10-3-5-11(6-4-10)15-13(18)19-8-7-16/h3-6,16H,2,7-9H2,1H3,(H,14,17)(H,15,18). The fourth-order valence-electron chi connectivity index (χ4n) is 1.44. The van der Waals surface area contributed by atoms with Crippen LogP contribution in [-0.2, 0) is 16.0 Å². The summed E-state index contributed by atoms with van der Waals surface area (Å²) in [5.74, 6) is -0.0365. The van der Waals surface area contributed by atoms with Crippen LogP contribution in [0.25, 0.3) is 0 Å². The molecule has 104 valence electrons. The molecule has 6 heteroatoms. The first-order valence-electron chi connectivity index (χ1n) is 6.06. The molecular formula is C13H18N2O4. The molecule has 0 aliphatic carbocycles. The maximum absolute atomic E-state index is 11.4. The second-order valence-corrected chi connectivity index (χ2v) is 3.81. The van der Waals surface area contributed by atoms with Crippen molar-refractivity contribution in [2.45, 2.75) is 13.3 Å². The minimum absolute atomic E-state index is 0.0365. The van der Waals surface area contributed by atoms with Crippen molar-refractivity contribution in [1.29, 1.82) is 0 Å². The Bertz CT molecular complexity index is 417. The Morgan fingerprint density at radius 1 is 1.26 bits per heavy atom. The number of nitrogens with one attached hydrogen (secondary N) is 2. The molecule has 19 heavy (non-hydrogen) atoms. The van der Waals surface area contributed by atoms with Gasteiger partial charge in [-0.25, -0.2) is 4.79 Å². The Morgan fingerprint density at radius 2 is 1.95 bits per heavy atom. The summed E-state index contributed by atoms with van der Waals surface area (Å²) in [6.07, 6.45) is -0.311. The number of amides is 2. The molecule has 1 rings (SSSR count). The highest BCUT2D eigenvalue weighted by Crippen LogP contribution is 2.10. The molecule has 0 aliphatic heterocycles. The quantitative estimate of drug-likeness (QED) is 0.714. The van der Waals surface area contributed by atoms with E-state index in [1.165, 1.54) is 0 Å². The first-order valence-corrected chi connectivity index (χ1v) is 6.06. The van der Waals surface area contributed by atoms with Gasteiger partial charge in [0.25, 0.3) is 0 Å².